The number of aliphatic hydroxyl groups is 1. The topological polar surface area (TPSA) is 23.5 Å². The Labute approximate surface area is 124 Å². The van der Waals surface area contributed by atoms with Crippen LogP contribution in [0.5, 0.6) is 0 Å². The Morgan fingerprint density at radius 3 is 2.38 bits per heavy atom. The molecule has 0 radical (unpaired) electrons. The third kappa shape index (κ3) is 4.63. The number of nitrogens with zero attached hydrogens (tertiary/aromatic N) is 1. The van der Waals surface area contributed by atoms with Crippen LogP contribution in [-0.4, -0.2) is 17.7 Å². The molecule has 0 aliphatic carbocycles. The second kappa shape index (κ2) is 7.69. The molecule has 1 atom stereocenters. The van der Waals surface area contributed by atoms with Crippen molar-refractivity contribution in [2.24, 2.45) is 0 Å². The number of aliphatic hydroxyl groups excluding tert-OH is 1. The highest BCUT2D eigenvalue weighted by Gasteiger charge is 2.35. The van der Waals surface area contributed by atoms with Crippen LogP contribution >= 0.6 is 0 Å². The maximum absolute atomic E-state index is 13.3. The van der Waals surface area contributed by atoms with Crippen LogP contribution < -0.4 is 4.90 Å². The van der Waals surface area contributed by atoms with E-state index in [0.29, 0.717) is 6.54 Å². The number of hydrogen-bond acceptors (Lipinski definition) is 2. The molecule has 0 fully saturated rings. The van der Waals surface area contributed by atoms with E-state index in [1.807, 2.05) is 25.7 Å². The average Bonchev–Trinajstić information content (AvgIpc) is 2.46. The van der Waals surface area contributed by atoms with Crippen molar-refractivity contribution >= 4 is 5.69 Å². The Balaban J connectivity index is 3.28. The third-order valence-corrected chi connectivity index (χ3v) is 3.73. The van der Waals surface area contributed by atoms with Gasteiger partial charge in [0, 0.05) is 18.3 Å². The van der Waals surface area contributed by atoms with Gasteiger partial charge in [-0.2, -0.15) is 13.2 Å². The van der Waals surface area contributed by atoms with Crippen molar-refractivity contribution in [3.63, 3.8) is 0 Å². The molecule has 1 unspecified atom stereocenters. The first-order chi connectivity index (χ1) is 9.85. The fraction of sp³-hybridized carbons (Fsp3) is 0.625. The van der Waals surface area contributed by atoms with Gasteiger partial charge in [-0.15, -0.1) is 0 Å². The summed E-state index contributed by atoms with van der Waals surface area (Å²) in [6, 6.07) is 4.14. The Bertz CT molecular complexity index is 446. The Morgan fingerprint density at radius 1 is 1.24 bits per heavy atom. The van der Waals surface area contributed by atoms with Gasteiger partial charge in [0.15, 0.2) is 0 Å². The number of rotatable bonds is 7. The quantitative estimate of drug-likeness (QED) is 0.795. The third-order valence-electron chi connectivity index (χ3n) is 3.73. The smallest absolute Gasteiger partial charge is 0.392 e. The monoisotopic (exact) mass is 303 g/mol. The lowest BCUT2D eigenvalue weighted by atomic mass is 10.0. The number of hydrogen-bond donors (Lipinski definition) is 1. The molecule has 0 saturated heterocycles. The molecule has 0 saturated carbocycles. The number of anilines is 1. The molecule has 0 heterocycles. The zero-order valence-electron chi connectivity index (χ0n) is 12.9. The SMILES string of the molecule is CCCCN(c1ccc(CO)cc1C(F)(F)F)C(C)CC. The Kier molecular flexibility index (Phi) is 6.52. The highest BCUT2D eigenvalue weighted by atomic mass is 19.4. The summed E-state index contributed by atoms with van der Waals surface area (Å²) in [6.45, 7) is 6.15. The minimum absolute atomic E-state index is 0.0395. The molecular weight excluding hydrogens is 279 g/mol. The van der Waals surface area contributed by atoms with Crippen LogP contribution in [0.1, 0.15) is 51.2 Å². The fourth-order valence-electron chi connectivity index (χ4n) is 2.29. The van der Waals surface area contributed by atoms with E-state index in [2.05, 4.69) is 0 Å². The number of unbranched alkanes of at least 4 members (excludes halogenated alkanes) is 1. The van der Waals surface area contributed by atoms with Gasteiger partial charge < -0.3 is 10.0 Å². The molecule has 0 spiro atoms. The molecule has 1 rings (SSSR count). The lowest BCUT2D eigenvalue weighted by Gasteiger charge is -2.33. The molecule has 0 bridgehead atoms. The van der Waals surface area contributed by atoms with Gasteiger partial charge in [-0.25, -0.2) is 0 Å². The molecule has 5 heteroatoms. The van der Waals surface area contributed by atoms with E-state index in [4.69, 9.17) is 5.11 Å². The van der Waals surface area contributed by atoms with Crippen molar-refractivity contribution in [1.29, 1.82) is 0 Å². The van der Waals surface area contributed by atoms with Crippen LogP contribution in [0.4, 0.5) is 18.9 Å². The van der Waals surface area contributed by atoms with Crippen molar-refractivity contribution in [3.8, 4) is 0 Å². The van der Waals surface area contributed by atoms with E-state index in [-0.39, 0.29) is 23.9 Å². The van der Waals surface area contributed by atoms with Crippen LogP contribution in [0.25, 0.3) is 0 Å². The Hall–Kier alpha value is -1.23. The van der Waals surface area contributed by atoms with Gasteiger partial charge in [-0.05, 0) is 37.5 Å². The van der Waals surface area contributed by atoms with Crippen molar-refractivity contribution < 1.29 is 18.3 Å². The lowest BCUT2D eigenvalue weighted by Crippen LogP contribution is -2.35. The van der Waals surface area contributed by atoms with Crippen molar-refractivity contribution in [3.05, 3.63) is 29.3 Å². The van der Waals surface area contributed by atoms with Crippen molar-refractivity contribution in [2.45, 2.75) is 58.9 Å². The first-order valence-electron chi connectivity index (χ1n) is 7.42. The molecule has 1 N–H and O–H groups in total. The summed E-state index contributed by atoms with van der Waals surface area (Å²) >= 11 is 0. The molecule has 2 nitrogen and oxygen atoms in total. The molecule has 0 aliphatic heterocycles. The zero-order chi connectivity index (χ0) is 16.0. The van der Waals surface area contributed by atoms with E-state index < -0.39 is 11.7 Å². The van der Waals surface area contributed by atoms with Crippen LogP contribution in [0.3, 0.4) is 0 Å². The van der Waals surface area contributed by atoms with Gasteiger partial charge in [-0.3, -0.25) is 0 Å². The second-order valence-electron chi connectivity index (χ2n) is 5.31. The van der Waals surface area contributed by atoms with Gasteiger partial charge in [0.25, 0.3) is 0 Å². The van der Waals surface area contributed by atoms with Crippen molar-refractivity contribution in [2.75, 3.05) is 11.4 Å². The van der Waals surface area contributed by atoms with Crippen LogP contribution in [-0.2, 0) is 12.8 Å². The average molecular weight is 303 g/mol. The molecular formula is C16H24F3NO. The molecule has 21 heavy (non-hydrogen) atoms. The van der Waals surface area contributed by atoms with E-state index in [1.54, 1.807) is 6.07 Å². The molecule has 120 valence electrons. The minimum atomic E-state index is -4.42. The van der Waals surface area contributed by atoms with E-state index in [0.717, 1.165) is 25.3 Å². The van der Waals surface area contributed by atoms with E-state index >= 15 is 0 Å². The number of alkyl halides is 3. The van der Waals surface area contributed by atoms with Crippen LogP contribution in [0, 0.1) is 0 Å². The second-order valence-corrected chi connectivity index (χ2v) is 5.31. The summed E-state index contributed by atoms with van der Waals surface area (Å²) < 4.78 is 39.9. The van der Waals surface area contributed by atoms with E-state index in [9.17, 15) is 13.2 Å². The molecule has 0 aromatic heterocycles. The maximum atomic E-state index is 13.3. The normalized spacial score (nSPS) is 13.3. The fourth-order valence-corrected chi connectivity index (χ4v) is 2.29. The molecule has 1 aromatic rings. The Morgan fingerprint density at radius 2 is 1.90 bits per heavy atom. The lowest BCUT2D eigenvalue weighted by molar-refractivity contribution is -0.137. The summed E-state index contributed by atoms with van der Waals surface area (Å²) in [5, 5.41) is 9.07. The summed E-state index contributed by atoms with van der Waals surface area (Å²) in [5.74, 6) is 0. The summed E-state index contributed by atoms with van der Waals surface area (Å²) in [5.41, 5.74) is -0.168. The van der Waals surface area contributed by atoms with Gasteiger partial charge in [-0.1, -0.05) is 26.3 Å². The standard InChI is InChI=1S/C16H24F3NO/c1-4-6-9-20(12(3)5-2)15-8-7-13(11-21)10-14(15)16(17,18)19/h7-8,10,12,21H,4-6,9,11H2,1-3H3. The van der Waals surface area contributed by atoms with Gasteiger partial charge in [0.2, 0.25) is 0 Å². The predicted molar refractivity (Wildman–Crippen MR) is 79.4 cm³/mol. The predicted octanol–water partition coefficient (Wildman–Crippen LogP) is 4.60. The summed E-state index contributed by atoms with van der Waals surface area (Å²) in [4.78, 5) is 1.83. The number of halogens is 3. The number of benzene rings is 1. The summed E-state index contributed by atoms with van der Waals surface area (Å²) in [7, 11) is 0. The van der Waals surface area contributed by atoms with Gasteiger partial charge in [0.05, 0.1) is 12.2 Å². The minimum Gasteiger partial charge on any atom is -0.392 e. The van der Waals surface area contributed by atoms with Gasteiger partial charge >= 0.3 is 6.18 Å². The maximum Gasteiger partial charge on any atom is 0.418 e. The van der Waals surface area contributed by atoms with Crippen molar-refractivity contribution in [1.82, 2.24) is 0 Å². The first-order valence-corrected chi connectivity index (χ1v) is 7.42. The van der Waals surface area contributed by atoms with E-state index in [1.165, 1.54) is 6.07 Å². The molecule has 0 aliphatic rings. The largest absolute Gasteiger partial charge is 0.418 e. The van der Waals surface area contributed by atoms with Crippen LogP contribution in [0.15, 0.2) is 18.2 Å². The van der Waals surface area contributed by atoms with Gasteiger partial charge in [0.1, 0.15) is 0 Å². The highest BCUT2D eigenvalue weighted by Crippen LogP contribution is 2.38. The van der Waals surface area contributed by atoms with Crippen LogP contribution in [0.2, 0.25) is 0 Å². The summed E-state index contributed by atoms with van der Waals surface area (Å²) in [6.07, 6.45) is -1.85. The first kappa shape index (κ1) is 17.8. The molecule has 0 amide bonds. The highest BCUT2D eigenvalue weighted by molar-refractivity contribution is 5.57. The molecule has 1 aromatic carbocycles. The zero-order valence-corrected chi connectivity index (χ0v) is 12.9.